The van der Waals surface area contributed by atoms with Crippen molar-refractivity contribution >= 4 is 0 Å². The highest BCUT2D eigenvalue weighted by atomic mass is 19.4. The Kier molecular flexibility index (Phi) is 5.69. The molecular weight excluding hydrogens is 233 g/mol. The van der Waals surface area contributed by atoms with Gasteiger partial charge in [-0.15, -0.1) is 0 Å². The van der Waals surface area contributed by atoms with Crippen molar-refractivity contribution in [3.05, 3.63) is 0 Å². The topological polar surface area (TPSA) is 24.5 Å². The summed E-state index contributed by atoms with van der Waals surface area (Å²) in [5.74, 6) is 0.358. The number of piperidine rings is 1. The molecule has 0 aromatic carbocycles. The van der Waals surface area contributed by atoms with E-state index in [4.69, 9.17) is 0 Å². The largest absolute Gasteiger partial charge is 0.413 e. The van der Waals surface area contributed by atoms with E-state index in [0.29, 0.717) is 5.92 Å². The molecule has 0 radical (unpaired) electrons. The molecule has 0 bridgehead atoms. The summed E-state index contributed by atoms with van der Waals surface area (Å²) in [6.45, 7) is 5.75. The first-order valence-corrected chi connectivity index (χ1v) is 6.08. The summed E-state index contributed by atoms with van der Waals surface area (Å²) in [7, 11) is 0. The molecule has 1 fully saturated rings. The number of hydrogen-bond donors (Lipinski definition) is 1. The van der Waals surface area contributed by atoms with Gasteiger partial charge in [-0.05, 0) is 38.8 Å². The second-order valence-electron chi connectivity index (χ2n) is 4.61. The van der Waals surface area contributed by atoms with Crippen LogP contribution in [0.25, 0.3) is 0 Å². The Morgan fingerprint density at radius 1 is 1.47 bits per heavy atom. The summed E-state index contributed by atoms with van der Waals surface area (Å²) in [5, 5.41) is 0. The number of alkyl halides is 3. The molecule has 1 saturated heterocycles. The number of halogens is 3. The van der Waals surface area contributed by atoms with Gasteiger partial charge < -0.3 is 4.90 Å². The minimum Gasteiger partial charge on any atom is -0.303 e. The second kappa shape index (κ2) is 6.56. The van der Waals surface area contributed by atoms with Crippen molar-refractivity contribution in [2.75, 3.05) is 26.2 Å². The molecule has 0 spiro atoms. The molecule has 2 unspecified atom stereocenters. The standard InChI is InChI=1S/C11H21F3N2O/c1-3-16-6-4-5-10(7-16)9(2)15-17-8-11(12,13)14/h9-10,15H,3-8H2,1-2H3. The van der Waals surface area contributed by atoms with Crippen molar-refractivity contribution in [1.82, 2.24) is 10.4 Å². The van der Waals surface area contributed by atoms with Gasteiger partial charge in [0.2, 0.25) is 0 Å². The smallest absolute Gasteiger partial charge is 0.303 e. The van der Waals surface area contributed by atoms with Crippen LogP contribution < -0.4 is 5.48 Å². The highest BCUT2D eigenvalue weighted by Gasteiger charge is 2.29. The van der Waals surface area contributed by atoms with Crippen molar-refractivity contribution in [1.29, 1.82) is 0 Å². The van der Waals surface area contributed by atoms with Crippen LogP contribution in [0.2, 0.25) is 0 Å². The van der Waals surface area contributed by atoms with E-state index in [1.807, 2.05) is 6.92 Å². The van der Waals surface area contributed by atoms with Gasteiger partial charge in [0, 0.05) is 12.6 Å². The zero-order chi connectivity index (χ0) is 12.9. The molecule has 102 valence electrons. The van der Waals surface area contributed by atoms with E-state index in [-0.39, 0.29) is 6.04 Å². The van der Waals surface area contributed by atoms with E-state index in [0.717, 1.165) is 32.5 Å². The molecular formula is C11H21F3N2O. The first-order valence-electron chi connectivity index (χ1n) is 6.08. The molecule has 3 nitrogen and oxygen atoms in total. The maximum atomic E-state index is 11.9. The number of likely N-dealkylation sites (tertiary alicyclic amines) is 1. The lowest BCUT2D eigenvalue weighted by Crippen LogP contribution is -2.45. The van der Waals surface area contributed by atoms with E-state index >= 15 is 0 Å². The molecule has 1 aliphatic heterocycles. The predicted molar refractivity (Wildman–Crippen MR) is 59.4 cm³/mol. The molecule has 1 N–H and O–H groups in total. The van der Waals surface area contributed by atoms with Crippen LogP contribution in [0.4, 0.5) is 13.2 Å². The van der Waals surface area contributed by atoms with Crippen molar-refractivity contribution < 1.29 is 18.0 Å². The lowest BCUT2D eigenvalue weighted by atomic mass is 9.92. The fourth-order valence-electron chi connectivity index (χ4n) is 2.14. The molecule has 0 aromatic heterocycles. The van der Waals surface area contributed by atoms with Gasteiger partial charge in [0.1, 0.15) is 0 Å². The number of nitrogens with zero attached hydrogens (tertiary/aromatic N) is 1. The zero-order valence-electron chi connectivity index (χ0n) is 10.4. The molecule has 1 aliphatic rings. The minimum atomic E-state index is -4.27. The van der Waals surface area contributed by atoms with Gasteiger partial charge in [-0.3, -0.25) is 4.84 Å². The fraction of sp³-hybridized carbons (Fsp3) is 1.00. The highest BCUT2D eigenvalue weighted by Crippen LogP contribution is 2.20. The monoisotopic (exact) mass is 254 g/mol. The summed E-state index contributed by atoms with van der Waals surface area (Å²) in [6.07, 6.45) is -2.13. The highest BCUT2D eigenvalue weighted by molar-refractivity contribution is 4.78. The number of rotatable bonds is 5. The average Bonchev–Trinajstić information content (AvgIpc) is 2.27. The van der Waals surface area contributed by atoms with Gasteiger partial charge >= 0.3 is 6.18 Å². The predicted octanol–water partition coefficient (Wildman–Crippen LogP) is 2.19. The Morgan fingerprint density at radius 3 is 2.76 bits per heavy atom. The van der Waals surface area contributed by atoms with Crippen LogP contribution in [0, 0.1) is 5.92 Å². The van der Waals surface area contributed by atoms with Crippen molar-refractivity contribution in [2.24, 2.45) is 5.92 Å². The van der Waals surface area contributed by atoms with Gasteiger partial charge in [0.05, 0.1) is 0 Å². The van der Waals surface area contributed by atoms with Gasteiger partial charge in [0.15, 0.2) is 6.61 Å². The summed E-state index contributed by atoms with van der Waals surface area (Å²) in [6, 6.07) is -0.0494. The van der Waals surface area contributed by atoms with Crippen LogP contribution in [0.1, 0.15) is 26.7 Å². The Labute approximate surface area is 100 Å². The summed E-state index contributed by atoms with van der Waals surface area (Å²) >= 11 is 0. The molecule has 0 saturated carbocycles. The second-order valence-corrected chi connectivity index (χ2v) is 4.61. The first-order chi connectivity index (χ1) is 7.92. The van der Waals surface area contributed by atoms with Gasteiger partial charge in [-0.25, -0.2) is 0 Å². The molecule has 6 heteroatoms. The minimum absolute atomic E-state index is 0.0494. The maximum Gasteiger partial charge on any atom is 0.413 e. The third-order valence-electron chi connectivity index (χ3n) is 3.20. The van der Waals surface area contributed by atoms with E-state index in [1.165, 1.54) is 0 Å². The average molecular weight is 254 g/mol. The molecule has 0 aliphatic carbocycles. The summed E-state index contributed by atoms with van der Waals surface area (Å²) in [4.78, 5) is 6.80. The lowest BCUT2D eigenvalue weighted by molar-refractivity contribution is -0.194. The molecule has 0 amide bonds. The number of hydrogen-bond acceptors (Lipinski definition) is 3. The van der Waals surface area contributed by atoms with Crippen LogP contribution >= 0.6 is 0 Å². The van der Waals surface area contributed by atoms with Gasteiger partial charge in [-0.2, -0.15) is 18.7 Å². The van der Waals surface area contributed by atoms with Gasteiger partial charge in [0.25, 0.3) is 0 Å². The number of hydroxylamine groups is 1. The van der Waals surface area contributed by atoms with E-state index < -0.39 is 12.8 Å². The van der Waals surface area contributed by atoms with Crippen molar-refractivity contribution in [3.63, 3.8) is 0 Å². The Morgan fingerprint density at radius 2 is 2.18 bits per heavy atom. The summed E-state index contributed by atoms with van der Waals surface area (Å²) < 4.78 is 35.7. The Bertz CT molecular complexity index is 223. The molecule has 2 atom stereocenters. The number of nitrogens with one attached hydrogen (secondary N) is 1. The van der Waals surface area contributed by atoms with Crippen LogP contribution in [-0.2, 0) is 4.84 Å². The molecule has 1 rings (SSSR count). The van der Waals surface area contributed by atoms with Gasteiger partial charge in [-0.1, -0.05) is 6.92 Å². The fourth-order valence-corrected chi connectivity index (χ4v) is 2.14. The van der Waals surface area contributed by atoms with E-state index in [1.54, 1.807) is 0 Å². The van der Waals surface area contributed by atoms with Crippen LogP contribution in [0.3, 0.4) is 0 Å². The normalized spacial score (nSPS) is 24.9. The Balaban J connectivity index is 2.24. The van der Waals surface area contributed by atoms with E-state index in [2.05, 4.69) is 22.1 Å². The SMILES string of the molecule is CCN1CCCC(C(C)NOCC(F)(F)F)C1. The van der Waals surface area contributed by atoms with Crippen LogP contribution in [-0.4, -0.2) is 43.4 Å². The summed E-state index contributed by atoms with van der Waals surface area (Å²) in [5.41, 5.74) is 2.51. The lowest BCUT2D eigenvalue weighted by Gasteiger charge is -2.35. The van der Waals surface area contributed by atoms with E-state index in [9.17, 15) is 13.2 Å². The first kappa shape index (κ1) is 14.7. The maximum absolute atomic E-state index is 11.9. The third-order valence-corrected chi connectivity index (χ3v) is 3.20. The van der Waals surface area contributed by atoms with Crippen molar-refractivity contribution in [3.8, 4) is 0 Å². The molecule has 1 heterocycles. The quantitative estimate of drug-likeness (QED) is 0.761. The zero-order valence-corrected chi connectivity index (χ0v) is 10.4. The van der Waals surface area contributed by atoms with Crippen LogP contribution in [0.5, 0.6) is 0 Å². The molecule has 17 heavy (non-hydrogen) atoms. The third kappa shape index (κ3) is 5.70. The van der Waals surface area contributed by atoms with Crippen LogP contribution in [0.15, 0.2) is 0 Å². The Hall–Kier alpha value is -0.330. The van der Waals surface area contributed by atoms with Crippen molar-refractivity contribution in [2.45, 2.75) is 38.9 Å². The molecule has 0 aromatic rings.